The fraction of sp³-hybridized carbons (Fsp3) is 0.158. The number of ether oxygens (including phenoxy) is 1. The van der Waals surface area contributed by atoms with Gasteiger partial charge in [0, 0.05) is 0 Å². The predicted molar refractivity (Wildman–Crippen MR) is 92.0 cm³/mol. The minimum absolute atomic E-state index is 0.161. The summed E-state index contributed by atoms with van der Waals surface area (Å²) in [4.78, 5) is 0. The molecular formula is C19H19OP. The quantitative estimate of drug-likeness (QED) is 0.739. The van der Waals surface area contributed by atoms with Gasteiger partial charge in [-0.3, -0.25) is 0 Å². The summed E-state index contributed by atoms with van der Waals surface area (Å²) in [6, 6.07) is 21.6. The van der Waals surface area contributed by atoms with Crippen LogP contribution in [0.15, 0.2) is 85.0 Å². The van der Waals surface area contributed by atoms with E-state index in [1.165, 1.54) is 10.6 Å². The Morgan fingerprint density at radius 3 is 1.81 bits per heavy atom. The molecule has 2 heteroatoms. The molecule has 1 aliphatic rings. The lowest BCUT2D eigenvalue weighted by Gasteiger charge is -2.19. The van der Waals surface area contributed by atoms with E-state index >= 15 is 0 Å². The highest BCUT2D eigenvalue weighted by Gasteiger charge is 2.14. The predicted octanol–water partition coefficient (Wildman–Crippen LogP) is 3.63. The normalized spacial score (nSPS) is 14.1. The highest BCUT2D eigenvalue weighted by atomic mass is 31.1. The van der Waals surface area contributed by atoms with Crippen LogP contribution in [-0.2, 0) is 4.74 Å². The summed E-state index contributed by atoms with van der Waals surface area (Å²) >= 11 is 0. The number of allylic oxidation sites excluding steroid dienone is 2. The van der Waals surface area contributed by atoms with E-state index in [0.717, 1.165) is 12.8 Å². The van der Waals surface area contributed by atoms with Crippen molar-refractivity contribution in [3.63, 3.8) is 0 Å². The third kappa shape index (κ3) is 3.91. The molecular weight excluding hydrogens is 275 g/mol. The molecule has 0 unspecified atom stereocenters. The van der Waals surface area contributed by atoms with Crippen LogP contribution < -0.4 is 10.6 Å². The maximum atomic E-state index is 5.92. The average Bonchev–Trinajstić information content (AvgIpc) is 3.07. The summed E-state index contributed by atoms with van der Waals surface area (Å²) in [7, 11) is -0.344. The maximum Gasteiger partial charge on any atom is 0.0943 e. The first kappa shape index (κ1) is 14.3. The lowest BCUT2D eigenvalue weighted by molar-refractivity contribution is 0.131. The number of hydrogen-bond donors (Lipinski definition) is 0. The van der Waals surface area contributed by atoms with Gasteiger partial charge >= 0.3 is 0 Å². The van der Waals surface area contributed by atoms with Crippen molar-refractivity contribution in [2.45, 2.75) is 6.10 Å². The van der Waals surface area contributed by atoms with E-state index in [-0.39, 0.29) is 14.0 Å². The van der Waals surface area contributed by atoms with Crippen LogP contribution in [0.1, 0.15) is 0 Å². The SMILES string of the molecule is C1=CC(OCCP(c2ccccc2)c2ccccc2)C=C1. The Morgan fingerprint density at radius 2 is 1.29 bits per heavy atom. The molecule has 0 N–H and O–H groups in total. The molecule has 1 nitrogen and oxygen atoms in total. The van der Waals surface area contributed by atoms with E-state index in [2.05, 4.69) is 72.8 Å². The van der Waals surface area contributed by atoms with Gasteiger partial charge in [0.1, 0.15) is 0 Å². The fourth-order valence-electron chi connectivity index (χ4n) is 2.43. The summed E-state index contributed by atoms with van der Waals surface area (Å²) in [6.07, 6.45) is 9.49. The standard InChI is InChI=1S/C19H19OP/c1-3-11-18(12-4-1)21(19-13-5-2-6-14-19)16-15-20-17-9-7-8-10-17/h1-14,17H,15-16H2. The van der Waals surface area contributed by atoms with E-state index in [1.807, 2.05) is 12.2 Å². The lowest BCUT2D eigenvalue weighted by Crippen LogP contribution is -2.17. The van der Waals surface area contributed by atoms with Crippen LogP contribution in [-0.4, -0.2) is 18.9 Å². The molecule has 0 amide bonds. The first-order valence-electron chi connectivity index (χ1n) is 7.28. The molecule has 0 aliphatic heterocycles. The molecule has 0 bridgehead atoms. The van der Waals surface area contributed by atoms with Crippen molar-refractivity contribution in [3.8, 4) is 0 Å². The molecule has 3 rings (SSSR count). The molecule has 0 heterocycles. The summed E-state index contributed by atoms with van der Waals surface area (Å²) in [5, 5.41) is 2.83. The van der Waals surface area contributed by atoms with Crippen LogP contribution in [0.4, 0.5) is 0 Å². The van der Waals surface area contributed by atoms with Crippen molar-refractivity contribution >= 4 is 18.5 Å². The average molecular weight is 294 g/mol. The van der Waals surface area contributed by atoms with Gasteiger partial charge in [0.2, 0.25) is 0 Å². The largest absolute Gasteiger partial charge is 0.370 e. The Balaban J connectivity index is 1.70. The molecule has 106 valence electrons. The maximum absolute atomic E-state index is 5.92. The smallest absolute Gasteiger partial charge is 0.0943 e. The van der Waals surface area contributed by atoms with Crippen LogP contribution >= 0.6 is 7.92 Å². The van der Waals surface area contributed by atoms with Gasteiger partial charge in [-0.15, -0.1) is 0 Å². The zero-order valence-electron chi connectivity index (χ0n) is 11.9. The van der Waals surface area contributed by atoms with Crippen LogP contribution in [0, 0.1) is 0 Å². The van der Waals surface area contributed by atoms with Crippen molar-refractivity contribution in [1.29, 1.82) is 0 Å². The Bertz CT molecular complexity index is 552. The van der Waals surface area contributed by atoms with Crippen molar-refractivity contribution in [2.75, 3.05) is 12.8 Å². The summed E-state index contributed by atoms with van der Waals surface area (Å²) in [5.74, 6) is 0. The van der Waals surface area contributed by atoms with Gasteiger partial charge in [-0.25, -0.2) is 0 Å². The van der Waals surface area contributed by atoms with Gasteiger partial charge in [-0.2, -0.15) is 0 Å². The third-order valence-electron chi connectivity index (χ3n) is 3.47. The molecule has 2 aromatic carbocycles. The van der Waals surface area contributed by atoms with E-state index in [9.17, 15) is 0 Å². The zero-order chi connectivity index (χ0) is 14.3. The molecule has 0 fully saturated rings. The minimum atomic E-state index is -0.344. The fourth-order valence-corrected chi connectivity index (χ4v) is 4.59. The van der Waals surface area contributed by atoms with Crippen LogP contribution in [0.2, 0.25) is 0 Å². The number of rotatable bonds is 6. The van der Waals surface area contributed by atoms with Crippen molar-refractivity contribution in [2.24, 2.45) is 0 Å². The molecule has 0 radical (unpaired) electrons. The third-order valence-corrected chi connectivity index (χ3v) is 5.95. The molecule has 0 aromatic heterocycles. The first-order valence-corrected chi connectivity index (χ1v) is 8.80. The Hall–Kier alpha value is -1.69. The lowest BCUT2D eigenvalue weighted by atomic mass is 10.4. The molecule has 0 saturated carbocycles. The topological polar surface area (TPSA) is 9.23 Å². The van der Waals surface area contributed by atoms with Crippen LogP contribution in [0.5, 0.6) is 0 Å². The van der Waals surface area contributed by atoms with E-state index in [1.54, 1.807) is 0 Å². The molecule has 0 saturated heterocycles. The summed E-state index contributed by atoms with van der Waals surface area (Å²) in [5.41, 5.74) is 0. The summed E-state index contributed by atoms with van der Waals surface area (Å²) < 4.78 is 5.92. The molecule has 21 heavy (non-hydrogen) atoms. The van der Waals surface area contributed by atoms with Crippen molar-refractivity contribution in [1.82, 2.24) is 0 Å². The molecule has 0 spiro atoms. The monoisotopic (exact) mass is 294 g/mol. The van der Waals surface area contributed by atoms with Gasteiger partial charge in [-0.05, 0) is 24.7 Å². The van der Waals surface area contributed by atoms with Crippen molar-refractivity contribution in [3.05, 3.63) is 85.0 Å². The molecule has 2 aromatic rings. The van der Waals surface area contributed by atoms with E-state index in [4.69, 9.17) is 4.74 Å². The second-order valence-corrected chi connectivity index (χ2v) is 7.26. The van der Waals surface area contributed by atoms with E-state index in [0.29, 0.717) is 0 Å². The van der Waals surface area contributed by atoms with Gasteiger partial charge in [0.05, 0.1) is 12.7 Å². The zero-order valence-corrected chi connectivity index (χ0v) is 12.8. The number of benzene rings is 2. The van der Waals surface area contributed by atoms with Gasteiger partial charge < -0.3 is 4.74 Å². The molecule has 0 atom stereocenters. The second kappa shape index (κ2) is 7.36. The second-order valence-electron chi connectivity index (χ2n) is 4.93. The van der Waals surface area contributed by atoms with Crippen LogP contribution in [0.25, 0.3) is 0 Å². The van der Waals surface area contributed by atoms with Crippen molar-refractivity contribution < 1.29 is 4.74 Å². The minimum Gasteiger partial charge on any atom is -0.370 e. The van der Waals surface area contributed by atoms with Gasteiger partial charge in [0.15, 0.2) is 0 Å². The summed E-state index contributed by atoms with van der Waals surface area (Å²) in [6.45, 7) is 0.787. The first-order chi connectivity index (χ1) is 10.4. The highest BCUT2D eigenvalue weighted by Crippen LogP contribution is 2.33. The Morgan fingerprint density at radius 1 is 0.762 bits per heavy atom. The van der Waals surface area contributed by atoms with Crippen LogP contribution in [0.3, 0.4) is 0 Å². The van der Waals surface area contributed by atoms with Gasteiger partial charge in [-0.1, -0.05) is 85.0 Å². The Labute approximate surface area is 127 Å². The Kier molecular flexibility index (Phi) is 4.99. The van der Waals surface area contributed by atoms with Gasteiger partial charge in [0.25, 0.3) is 0 Å². The highest BCUT2D eigenvalue weighted by molar-refractivity contribution is 7.73. The van der Waals surface area contributed by atoms with E-state index < -0.39 is 0 Å². The molecule has 1 aliphatic carbocycles. The number of hydrogen-bond acceptors (Lipinski definition) is 1.